The van der Waals surface area contributed by atoms with Crippen LogP contribution in [-0.2, 0) is 7.05 Å². The molecule has 0 saturated heterocycles. The van der Waals surface area contributed by atoms with Crippen LogP contribution in [0.4, 0.5) is 0 Å². The smallest absolute Gasteiger partial charge is 0.269 e. The average Bonchev–Trinajstić information content (AvgIpc) is 2.59. The molecule has 0 aliphatic heterocycles. The van der Waals surface area contributed by atoms with Gasteiger partial charge in [0.15, 0.2) is 0 Å². The lowest BCUT2D eigenvalue weighted by atomic mass is 10.1. The van der Waals surface area contributed by atoms with E-state index >= 15 is 0 Å². The summed E-state index contributed by atoms with van der Waals surface area (Å²) in [4.78, 5) is 17.5. The summed E-state index contributed by atoms with van der Waals surface area (Å²) < 4.78 is 1.63. The Hall–Kier alpha value is -1.40. The predicted octanol–water partition coefficient (Wildman–Crippen LogP) is -0.537. The molecule has 0 saturated carbocycles. The number of rotatable bonds is 5. The summed E-state index contributed by atoms with van der Waals surface area (Å²) in [5.74, 6) is -0.232. The van der Waals surface area contributed by atoms with Crippen molar-refractivity contribution in [2.45, 2.75) is 12.5 Å². The number of carbonyl (C=O) groups excluding carboxylic acids is 1. The van der Waals surface area contributed by atoms with Gasteiger partial charge in [0.2, 0.25) is 0 Å². The van der Waals surface area contributed by atoms with Gasteiger partial charge in [-0.15, -0.1) is 0 Å². The molecule has 1 unspecified atom stereocenters. The molecule has 0 aliphatic rings. The van der Waals surface area contributed by atoms with Crippen molar-refractivity contribution in [2.75, 3.05) is 27.2 Å². The van der Waals surface area contributed by atoms with Gasteiger partial charge in [0.1, 0.15) is 5.69 Å². The van der Waals surface area contributed by atoms with E-state index in [4.69, 9.17) is 0 Å². The lowest BCUT2D eigenvalue weighted by molar-refractivity contribution is 0.0324. The van der Waals surface area contributed by atoms with Crippen molar-refractivity contribution in [3.63, 3.8) is 0 Å². The molecular formula is C11H20N4O2. The van der Waals surface area contributed by atoms with Gasteiger partial charge in [-0.1, -0.05) is 0 Å². The van der Waals surface area contributed by atoms with Gasteiger partial charge in [0.05, 0.1) is 18.1 Å². The molecule has 6 heteroatoms. The van der Waals surface area contributed by atoms with E-state index in [1.54, 1.807) is 24.9 Å². The van der Waals surface area contributed by atoms with Crippen LogP contribution in [0.2, 0.25) is 0 Å². The number of nitrogens with zero attached hydrogens (tertiary/aromatic N) is 3. The van der Waals surface area contributed by atoms with Crippen molar-refractivity contribution in [2.24, 2.45) is 7.05 Å². The molecule has 0 aliphatic carbocycles. The van der Waals surface area contributed by atoms with Crippen LogP contribution in [0.15, 0.2) is 12.5 Å². The Morgan fingerprint density at radius 2 is 2.29 bits per heavy atom. The number of likely N-dealkylation sites (N-methyl/N-ethyl adjacent to an activating group) is 1. The number of amides is 1. The van der Waals surface area contributed by atoms with Crippen molar-refractivity contribution >= 4 is 5.91 Å². The fourth-order valence-corrected chi connectivity index (χ4v) is 1.67. The fraction of sp³-hybridized carbons (Fsp3) is 0.636. The minimum absolute atomic E-state index is 0.204. The van der Waals surface area contributed by atoms with E-state index in [9.17, 15) is 9.90 Å². The van der Waals surface area contributed by atoms with Crippen LogP contribution in [0.25, 0.3) is 0 Å². The molecule has 6 nitrogen and oxygen atoms in total. The van der Waals surface area contributed by atoms with Gasteiger partial charge in [0, 0.05) is 20.1 Å². The zero-order valence-electron chi connectivity index (χ0n) is 10.8. The van der Waals surface area contributed by atoms with E-state index in [0.717, 1.165) is 0 Å². The molecule has 1 heterocycles. The largest absolute Gasteiger partial charge is 0.387 e. The van der Waals surface area contributed by atoms with Gasteiger partial charge >= 0.3 is 0 Å². The summed E-state index contributed by atoms with van der Waals surface area (Å²) in [5.41, 5.74) is -0.469. The third-order valence-electron chi connectivity index (χ3n) is 2.34. The molecule has 0 radical (unpaired) electrons. The lowest BCUT2D eigenvalue weighted by Crippen LogP contribution is -2.47. The standard InChI is InChI=1S/C11H20N4O2/c1-11(17,7-14(2)3)6-13-10(16)9-5-12-8-15(9)4/h5,8,17H,6-7H2,1-4H3,(H,13,16). The molecule has 1 amide bonds. The average molecular weight is 240 g/mol. The lowest BCUT2D eigenvalue weighted by Gasteiger charge is -2.27. The molecule has 2 N–H and O–H groups in total. The Balaban J connectivity index is 2.51. The molecule has 17 heavy (non-hydrogen) atoms. The number of aliphatic hydroxyl groups is 1. The Bertz CT molecular complexity index is 385. The van der Waals surface area contributed by atoms with Crippen molar-refractivity contribution < 1.29 is 9.90 Å². The Kier molecular flexibility index (Phi) is 4.25. The highest BCUT2D eigenvalue weighted by molar-refractivity contribution is 5.92. The van der Waals surface area contributed by atoms with Crippen LogP contribution in [0.1, 0.15) is 17.4 Å². The Morgan fingerprint density at radius 3 is 2.76 bits per heavy atom. The van der Waals surface area contributed by atoms with Gasteiger partial charge in [-0.25, -0.2) is 4.98 Å². The second-order valence-corrected chi connectivity index (χ2v) is 4.81. The topological polar surface area (TPSA) is 70.4 Å². The van der Waals surface area contributed by atoms with Crippen molar-refractivity contribution in [1.82, 2.24) is 19.8 Å². The number of hydrogen-bond donors (Lipinski definition) is 2. The van der Waals surface area contributed by atoms with Gasteiger partial charge in [0.25, 0.3) is 5.91 Å². The van der Waals surface area contributed by atoms with E-state index in [2.05, 4.69) is 10.3 Å². The maximum Gasteiger partial charge on any atom is 0.269 e. The summed E-state index contributed by atoms with van der Waals surface area (Å²) in [7, 11) is 5.49. The van der Waals surface area contributed by atoms with Crippen molar-refractivity contribution in [3.05, 3.63) is 18.2 Å². The second kappa shape index (κ2) is 5.29. The summed E-state index contributed by atoms with van der Waals surface area (Å²) in [5, 5.41) is 12.7. The van der Waals surface area contributed by atoms with Crippen molar-refractivity contribution in [1.29, 1.82) is 0 Å². The third kappa shape index (κ3) is 4.16. The Morgan fingerprint density at radius 1 is 1.65 bits per heavy atom. The maximum atomic E-state index is 11.8. The summed E-state index contributed by atoms with van der Waals surface area (Å²) in [6, 6.07) is 0. The molecule has 0 spiro atoms. The first kappa shape index (κ1) is 13.7. The van der Waals surface area contributed by atoms with E-state index in [1.807, 2.05) is 19.0 Å². The number of aryl methyl sites for hydroxylation is 1. The molecule has 0 aromatic carbocycles. The summed E-state index contributed by atoms with van der Waals surface area (Å²) >= 11 is 0. The third-order valence-corrected chi connectivity index (χ3v) is 2.34. The van der Waals surface area contributed by atoms with Crippen LogP contribution >= 0.6 is 0 Å². The molecule has 0 bridgehead atoms. The minimum atomic E-state index is -0.947. The van der Waals surface area contributed by atoms with Gasteiger partial charge in [-0.05, 0) is 21.0 Å². The fourth-order valence-electron chi connectivity index (χ4n) is 1.67. The highest BCUT2D eigenvalue weighted by atomic mass is 16.3. The van der Waals surface area contributed by atoms with Crippen LogP contribution in [0.5, 0.6) is 0 Å². The highest BCUT2D eigenvalue weighted by Gasteiger charge is 2.22. The molecule has 1 atom stereocenters. The molecular weight excluding hydrogens is 220 g/mol. The first-order valence-corrected chi connectivity index (χ1v) is 5.43. The van der Waals surface area contributed by atoms with Gasteiger partial charge < -0.3 is 19.9 Å². The predicted molar refractivity (Wildman–Crippen MR) is 64.7 cm³/mol. The van der Waals surface area contributed by atoms with Crippen LogP contribution < -0.4 is 5.32 Å². The van der Waals surface area contributed by atoms with E-state index in [1.165, 1.54) is 6.20 Å². The normalized spacial score (nSPS) is 14.7. The SMILES string of the molecule is CN(C)CC(C)(O)CNC(=O)c1cncn1C. The van der Waals surface area contributed by atoms with Crippen LogP contribution in [0, 0.1) is 0 Å². The number of nitrogens with one attached hydrogen (secondary N) is 1. The van der Waals surface area contributed by atoms with E-state index < -0.39 is 5.60 Å². The quantitative estimate of drug-likeness (QED) is 0.725. The molecule has 1 rings (SSSR count). The van der Waals surface area contributed by atoms with Gasteiger partial charge in [-0.3, -0.25) is 4.79 Å². The molecule has 1 aromatic rings. The molecule has 1 aromatic heterocycles. The summed E-state index contributed by atoms with van der Waals surface area (Å²) in [6.07, 6.45) is 3.06. The number of imidazole rings is 1. The number of hydrogen-bond acceptors (Lipinski definition) is 4. The second-order valence-electron chi connectivity index (χ2n) is 4.81. The zero-order valence-corrected chi connectivity index (χ0v) is 10.8. The van der Waals surface area contributed by atoms with Crippen LogP contribution in [0.3, 0.4) is 0 Å². The maximum absolute atomic E-state index is 11.8. The molecule has 0 fully saturated rings. The first-order valence-electron chi connectivity index (χ1n) is 5.43. The highest BCUT2D eigenvalue weighted by Crippen LogP contribution is 2.03. The van der Waals surface area contributed by atoms with Crippen molar-refractivity contribution in [3.8, 4) is 0 Å². The van der Waals surface area contributed by atoms with Gasteiger partial charge in [-0.2, -0.15) is 0 Å². The van der Waals surface area contributed by atoms with Crippen LogP contribution in [-0.4, -0.2) is 58.3 Å². The number of carbonyl (C=O) groups is 1. The van der Waals surface area contributed by atoms with E-state index in [-0.39, 0.29) is 12.5 Å². The Labute approximate surface area is 101 Å². The first-order chi connectivity index (χ1) is 7.82. The number of aromatic nitrogens is 2. The summed E-state index contributed by atoms with van der Waals surface area (Å²) in [6.45, 7) is 2.38. The minimum Gasteiger partial charge on any atom is -0.387 e. The van der Waals surface area contributed by atoms with E-state index in [0.29, 0.717) is 12.2 Å². The molecule has 96 valence electrons. The monoisotopic (exact) mass is 240 g/mol. The zero-order chi connectivity index (χ0) is 13.1.